The van der Waals surface area contributed by atoms with Crippen LogP contribution in [0.3, 0.4) is 0 Å². The predicted octanol–water partition coefficient (Wildman–Crippen LogP) is 2.82. The number of carbonyl (C=O) groups is 2. The maximum Gasteiger partial charge on any atom is 0.316 e. The lowest BCUT2D eigenvalue weighted by atomic mass is 9.92. The molecule has 0 aromatic heterocycles. The zero-order chi connectivity index (χ0) is 14.3. The molecule has 0 aliphatic rings. The largest absolute Gasteiger partial charge is 0.465 e. The maximum absolute atomic E-state index is 12.4. The number of nitrogen functional groups attached to an aromatic ring is 1. The first-order valence-corrected chi connectivity index (χ1v) is 6.66. The van der Waals surface area contributed by atoms with E-state index in [1.807, 2.05) is 6.92 Å². The second-order valence-electron chi connectivity index (χ2n) is 4.44. The molecule has 2 N–H and O–H groups in total. The van der Waals surface area contributed by atoms with Crippen LogP contribution in [0.15, 0.2) is 24.3 Å². The number of rotatable bonds is 7. The zero-order valence-corrected chi connectivity index (χ0v) is 11.5. The van der Waals surface area contributed by atoms with Gasteiger partial charge in [-0.05, 0) is 25.5 Å². The van der Waals surface area contributed by atoms with E-state index in [1.54, 1.807) is 31.2 Å². The Bertz CT molecular complexity index is 443. The van der Waals surface area contributed by atoms with Gasteiger partial charge in [0.1, 0.15) is 5.92 Å². The van der Waals surface area contributed by atoms with Gasteiger partial charge in [0, 0.05) is 11.3 Å². The summed E-state index contributed by atoms with van der Waals surface area (Å²) in [6.07, 6.45) is 2.26. The molecule has 1 unspecified atom stereocenters. The van der Waals surface area contributed by atoms with E-state index in [0.717, 1.165) is 12.8 Å². The summed E-state index contributed by atoms with van der Waals surface area (Å²) in [5.41, 5.74) is 6.65. The van der Waals surface area contributed by atoms with Crippen LogP contribution in [0.5, 0.6) is 0 Å². The van der Waals surface area contributed by atoms with E-state index in [1.165, 1.54) is 0 Å². The van der Waals surface area contributed by atoms with Crippen LogP contribution in [0.1, 0.15) is 43.5 Å². The van der Waals surface area contributed by atoms with Crippen molar-refractivity contribution in [3.63, 3.8) is 0 Å². The number of anilines is 1. The molecule has 0 radical (unpaired) electrons. The third-order valence-corrected chi connectivity index (χ3v) is 2.91. The highest BCUT2D eigenvalue weighted by atomic mass is 16.5. The van der Waals surface area contributed by atoms with Crippen molar-refractivity contribution in [2.45, 2.75) is 33.1 Å². The number of ether oxygens (including phenoxy) is 1. The number of nitrogens with two attached hydrogens (primary N) is 1. The van der Waals surface area contributed by atoms with Gasteiger partial charge in [0.15, 0.2) is 5.78 Å². The van der Waals surface area contributed by atoms with Crippen molar-refractivity contribution >= 4 is 17.4 Å². The Morgan fingerprint density at radius 3 is 2.63 bits per heavy atom. The minimum atomic E-state index is -0.721. The van der Waals surface area contributed by atoms with E-state index in [4.69, 9.17) is 10.5 Å². The fraction of sp³-hybridized carbons (Fsp3) is 0.467. The average molecular weight is 263 g/mol. The Balaban J connectivity index is 2.90. The molecule has 104 valence electrons. The normalized spacial score (nSPS) is 11.9. The molecule has 1 atom stereocenters. The second-order valence-corrected chi connectivity index (χ2v) is 4.44. The predicted molar refractivity (Wildman–Crippen MR) is 74.8 cm³/mol. The molecule has 1 aromatic rings. The van der Waals surface area contributed by atoms with E-state index in [-0.39, 0.29) is 12.4 Å². The summed E-state index contributed by atoms with van der Waals surface area (Å²) in [5, 5.41) is 0. The van der Waals surface area contributed by atoms with Crippen molar-refractivity contribution in [1.29, 1.82) is 0 Å². The number of hydrogen-bond acceptors (Lipinski definition) is 4. The van der Waals surface area contributed by atoms with Crippen LogP contribution < -0.4 is 5.73 Å². The fourth-order valence-electron chi connectivity index (χ4n) is 1.90. The molecule has 1 rings (SSSR count). The lowest BCUT2D eigenvalue weighted by Gasteiger charge is -2.14. The molecule has 0 heterocycles. The van der Waals surface area contributed by atoms with Crippen LogP contribution in [0.2, 0.25) is 0 Å². The summed E-state index contributed by atoms with van der Waals surface area (Å²) in [7, 11) is 0. The van der Waals surface area contributed by atoms with Crippen LogP contribution in [0, 0.1) is 5.92 Å². The molecule has 0 spiro atoms. The summed E-state index contributed by atoms with van der Waals surface area (Å²) in [5.74, 6) is -1.37. The first-order valence-electron chi connectivity index (χ1n) is 6.66. The van der Waals surface area contributed by atoms with Crippen molar-refractivity contribution in [3.8, 4) is 0 Å². The van der Waals surface area contributed by atoms with Crippen molar-refractivity contribution in [2.75, 3.05) is 12.3 Å². The van der Waals surface area contributed by atoms with Crippen LogP contribution in [-0.2, 0) is 9.53 Å². The second kappa shape index (κ2) is 7.56. The molecule has 0 fully saturated rings. The molecule has 0 saturated carbocycles. The molecule has 0 aliphatic heterocycles. The van der Waals surface area contributed by atoms with E-state index < -0.39 is 11.9 Å². The van der Waals surface area contributed by atoms with Gasteiger partial charge in [0.05, 0.1) is 6.61 Å². The third-order valence-electron chi connectivity index (χ3n) is 2.91. The van der Waals surface area contributed by atoms with E-state index >= 15 is 0 Å². The number of esters is 1. The summed E-state index contributed by atoms with van der Waals surface area (Å²) >= 11 is 0. The molecule has 0 bridgehead atoms. The zero-order valence-electron chi connectivity index (χ0n) is 11.5. The van der Waals surface area contributed by atoms with Gasteiger partial charge >= 0.3 is 5.97 Å². The summed E-state index contributed by atoms with van der Waals surface area (Å²) in [6, 6.07) is 6.70. The minimum Gasteiger partial charge on any atom is -0.465 e. The molecule has 0 amide bonds. The standard InChI is InChI=1S/C15H21NO3/c1-3-5-9-13(15(18)19-4-2)14(17)11-7-6-8-12(16)10-11/h6-8,10,13H,3-5,9,16H2,1-2H3. The van der Waals surface area contributed by atoms with Gasteiger partial charge in [0.2, 0.25) is 0 Å². The molecular weight excluding hydrogens is 242 g/mol. The lowest BCUT2D eigenvalue weighted by molar-refractivity contribution is -0.146. The minimum absolute atomic E-state index is 0.209. The smallest absolute Gasteiger partial charge is 0.316 e. The SMILES string of the molecule is CCCCC(C(=O)OCC)C(=O)c1cccc(N)c1. The van der Waals surface area contributed by atoms with Crippen LogP contribution in [-0.4, -0.2) is 18.4 Å². The van der Waals surface area contributed by atoms with Crippen LogP contribution in [0.25, 0.3) is 0 Å². The van der Waals surface area contributed by atoms with Gasteiger partial charge in [-0.1, -0.05) is 31.9 Å². The Kier molecular flexibility index (Phi) is 6.06. The highest BCUT2D eigenvalue weighted by Crippen LogP contribution is 2.18. The number of ketones is 1. The molecule has 1 aromatic carbocycles. The van der Waals surface area contributed by atoms with Gasteiger partial charge in [-0.3, -0.25) is 9.59 Å². The maximum atomic E-state index is 12.4. The molecule has 0 aliphatic carbocycles. The van der Waals surface area contributed by atoms with Gasteiger partial charge in [0.25, 0.3) is 0 Å². The summed E-state index contributed by atoms with van der Waals surface area (Å²) in [6.45, 7) is 4.04. The Hall–Kier alpha value is -1.84. The van der Waals surface area contributed by atoms with E-state index in [9.17, 15) is 9.59 Å². The number of unbranched alkanes of at least 4 members (excludes halogenated alkanes) is 1. The molecule has 4 nitrogen and oxygen atoms in total. The third kappa shape index (κ3) is 4.39. The highest BCUT2D eigenvalue weighted by Gasteiger charge is 2.28. The lowest BCUT2D eigenvalue weighted by Crippen LogP contribution is -2.26. The monoisotopic (exact) mass is 263 g/mol. The molecule has 4 heteroatoms. The Morgan fingerprint density at radius 2 is 2.05 bits per heavy atom. The van der Waals surface area contributed by atoms with Gasteiger partial charge in [-0.15, -0.1) is 0 Å². The van der Waals surface area contributed by atoms with Crippen molar-refractivity contribution in [3.05, 3.63) is 29.8 Å². The summed E-state index contributed by atoms with van der Waals surface area (Å²) < 4.78 is 4.98. The van der Waals surface area contributed by atoms with Gasteiger partial charge in [-0.25, -0.2) is 0 Å². The topological polar surface area (TPSA) is 69.4 Å². The van der Waals surface area contributed by atoms with Crippen LogP contribution in [0.4, 0.5) is 5.69 Å². The number of Topliss-reactive ketones (excluding diaryl/α,β-unsaturated/α-hetero) is 1. The van der Waals surface area contributed by atoms with Crippen LogP contribution >= 0.6 is 0 Å². The number of hydrogen-bond donors (Lipinski definition) is 1. The van der Waals surface area contributed by atoms with E-state index in [2.05, 4.69) is 0 Å². The van der Waals surface area contributed by atoms with Crippen molar-refractivity contribution in [2.24, 2.45) is 5.92 Å². The first-order chi connectivity index (χ1) is 9.10. The van der Waals surface area contributed by atoms with Gasteiger partial charge in [-0.2, -0.15) is 0 Å². The molecule has 19 heavy (non-hydrogen) atoms. The van der Waals surface area contributed by atoms with Crippen molar-refractivity contribution < 1.29 is 14.3 Å². The average Bonchev–Trinajstić information content (AvgIpc) is 2.39. The Morgan fingerprint density at radius 1 is 1.32 bits per heavy atom. The molecular formula is C15H21NO3. The number of carbonyl (C=O) groups excluding carboxylic acids is 2. The quantitative estimate of drug-likeness (QED) is 0.355. The number of benzene rings is 1. The Labute approximate surface area is 113 Å². The highest BCUT2D eigenvalue weighted by molar-refractivity contribution is 6.08. The fourth-order valence-corrected chi connectivity index (χ4v) is 1.90. The first kappa shape index (κ1) is 15.2. The molecule has 0 saturated heterocycles. The van der Waals surface area contributed by atoms with Gasteiger partial charge < -0.3 is 10.5 Å². The summed E-state index contributed by atoms with van der Waals surface area (Å²) in [4.78, 5) is 24.2. The van der Waals surface area contributed by atoms with Crippen molar-refractivity contribution in [1.82, 2.24) is 0 Å². The van der Waals surface area contributed by atoms with E-state index in [0.29, 0.717) is 17.7 Å².